The molecule has 0 atom stereocenters. The van der Waals surface area contributed by atoms with Gasteiger partial charge in [0.2, 0.25) is 5.91 Å². The molecule has 0 radical (unpaired) electrons. The molecule has 1 saturated heterocycles. The molecule has 3 heterocycles. The Morgan fingerprint density at radius 2 is 1.96 bits per heavy atom. The van der Waals surface area contributed by atoms with Gasteiger partial charge in [-0.15, -0.1) is 0 Å². The van der Waals surface area contributed by atoms with E-state index in [9.17, 15) is 4.79 Å². The molecule has 0 saturated carbocycles. The summed E-state index contributed by atoms with van der Waals surface area (Å²) in [6.07, 6.45) is 10.1. The van der Waals surface area contributed by atoms with E-state index < -0.39 is 0 Å². The predicted octanol–water partition coefficient (Wildman–Crippen LogP) is 3.24. The van der Waals surface area contributed by atoms with Crippen molar-refractivity contribution < 1.29 is 4.79 Å². The van der Waals surface area contributed by atoms with Gasteiger partial charge in [0.25, 0.3) is 0 Å². The SMILES string of the molecule is O=C(C=Cc1cn(Cc2ccccc2)nc1-c1cccnc1)N1CCC1. The van der Waals surface area contributed by atoms with Gasteiger partial charge in [0.15, 0.2) is 0 Å². The summed E-state index contributed by atoms with van der Waals surface area (Å²) < 4.78 is 1.91. The van der Waals surface area contributed by atoms with Gasteiger partial charge < -0.3 is 4.90 Å². The van der Waals surface area contributed by atoms with E-state index in [2.05, 4.69) is 17.1 Å². The first-order valence-corrected chi connectivity index (χ1v) is 8.78. The first-order valence-electron chi connectivity index (χ1n) is 8.78. The van der Waals surface area contributed by atoms with E-state index in [0.717, 1.165) is 36.3 Å². The van der Waals surface area contributed by atoms with E-state index in [1.54, 1.807) is 18.5 Å². The van der Waals surface area contributed by atoms with Crippen LogP contribution in [0.5, 0.6) is 0 Å². The number of hydrogen-bond donors (Lipinski definition) is 0. The number of amides is 1. The Balaban J connectivity index is 1.64. The van der Waals surface area contributed by atoms with Crippen molar-refractivity contribution in [1.29, 1.82) is 0 Å². The maximum atomic E-state index is 12.1. The first-order chi connectivity index (χ1) is 12.8. The third-order valence-electron chi connectivity index (χ3n) is 4.49. The van der Waals surface area contributed by atoms with Crippen molar-refractivity contribution in [3.05, 3.63) is 78.3 Å². The minimum Gasteiger partial charge on any atom is -0.339 e. The van der Waals surface area contributed by atoms with Crippen LogP contribution >= 0.6 is 0 Å². The molecule has 5 heteroatoms. The molecule has 1 aliphatic heterocycles. The van der Waals surface area contributed by atoms with Crippen LogP contribution in [0.15, 0.2) is 67.1 Å². The van der Waals surface area contributed by atoms with E-state index in [1.807, 2.05) is 52.2 Å². The van der Waals surface area contributed by atoms with Crippen LogP contribution in [0.25, 0.3) is 17.3 Å². The van der Waals surface area contributed by atoms with Crippen molar-refractivity contribution in [1.82, 2.24) is 19.7 Å². The molecule has 1 aromatic carbocycles. The number of carbonyl (C=O) groups is 1. The van der Waals surface area contributed by atoms with E-state index in [0.29, 0.717) is 6.54 Å². The summed E-state index contributed by atoms with van der Waals surface area (Å²) in [4.78, 5) is 18.2. The lowest BCUT2D eigenvalue weighted by atomic mass is 10.1. The van der Waals surface area contributed by atoms with Crippen LogP contribution in [0.3, 0.4) is 0 Å². The minimum atomic E-state index is 0.0594. The summed E-state index contributed by atoms with van der Waals surface area (Å²) in [5, 5.41) is 4.73. The van der Waals surface area contributed by atoms with Crippen LogP contribution in [0.2, 0.25) is 0 Å². The van der Waals surface area contributed by atoms with Gasteiger partial charge in [0, 0.05) is 48.9 Å². The summed E-state index contributed by atoms with van der Waals surface area (Å²) in [7, 11) is 0. The first kappa shape index (κ1) is 16.3. The minimum absolute atomic E-state index is 0.0594. The third-order valence-corrected chi connectivity index (χ3v) is 4.49. The zero-order valence-electron chi connectivity index (χ0n) is 14.5. The summed E-state index contributed by atoms with van der Waals surface area (Å²) in [6, 6.07) is 14.1. The number of rotatable bonds is 5. The predicted molar refractivity (Wildman–Crippen MR) is 101 cm³/mol. The molecule has 130 valence electrons. The Kier molecular flexibility index (Phi) is 4.60. The number of pyridine rings is 1. The van der Waals surface area contributed by atoms with Gasteiger partial charge >= 0.3 is 0 Å². The van der Waals surface area contributed by atoms with Crippen molar-refractivity contribution in [2.24, 2.45) is 0 Å². The van der Waals surface area contributed by atoms with Gasteiger partial charge in [0.1, 0.15) is 5.69 Å². The number of aromatic nitrogens is 3. The highest BCUT2D eigenvalue weighted by Gasteiger charge is 2.18. The Labute approximate surface area is 152 Å². The molecule has 0 unspecified atom stereocenters. The van der Waals surface area contributed by atoms with Crippen LogP contribution < -0.4 is 0 Å². The van der Waals surface area contributed by atoms with Crippen LogP contribution in [0.1, 0.15) is 17.5 Å². The highest BCUT2D eigenvalue weighted by molar-refractivity contribution is 5.93. The molecule has 1 aliphatic rings. The number of carbonyl (C=O) groups excluding carboxylic acids is 1. The second-order valence-corrected chi connectivity index (χ2v) is 6.37. The van der Waals surface area contributed by atoms with Crippen molar-refractivity contribution in [2.75, 3.05) is 13.1 Å². The highest BCUT2D eigenvalue weighted by Crippen LogP contribution is 2.23. The maximum Gasteiger partial charge on any atom is 0.246 e. The van der Waals surface area contributed by atoms with Crippen LogP contribution in [0.4, 0.5) is 0 Å². The van der Waals surface area contributed by atoms with E-state index in [-0.39, 0.29) is 5.91 Å². The second-order valence-electron chi connectivity index (χ2n) is 6.37. The van der Waals surface area contributed by atoms with Crippen LogP contribution in [-0.4, -0.2) is 38.7 Å². The molecular weight excluding hydrogens is 324 g/mol. The van der Waals surface area contributed by atoms with Gasteiger partial charge in [-0.1, -0.05) is 30.3 Å². The Bertz CT molecular complexity index is 912. The molecule has 4 rings (SSSR count). The maximum absolute atomic E-state index is 12.1. The van der Waals surface area contributed by atoms with Crippen molar-refractivity contribution in [2.45, 2.75) is 13.0 Å². The molecule has 2 aromatic heterocycles. The summed E-state index contributed by atoms with van der Waals surface area (Å²) >= 11 is 0. The number of benzene rings is 1. The quantitative estimate of drug-likeness (QED) is 0.668. The van der Waals surface area contributed by atoms with Crippen molar-refractivity contribution >= 4 is 12.0 Å². The molecule has 1 fully saturated rings. The number of nitrogens with zero attached hydrogens (tertiary/aromatic N) is 4. The molecule has 0 aliphatic carbocycles. The molecule has 0 bridgehead atoms. The Morgan fingerprint density at radius 3 is 2.65 bits per heavy atom. The van der Waals surface area contributed by atoms with Crippen LogP contribution in [0, 0.1) is 0 Å². The number of hydrogen-bond acceptors (Lipinski definition) is 3. The third kappa shape index (κ3) is 3.57. The zero-order chi connectivity index (χ0) is 17.8. The Morgan fingerprint density at radius 1 is 1.12 bits per heavy atom. The van der Waals surface area contributed by atoms with Gasteiger partial charge in [-0.2, -0.15) is 5.10 Å². The largest absolute Gasteiger partial charge is 0.339 e. The fourth-order valence-corrected chi connectivity index (χ4v) is 2.94. The molecule has 5 nitrogen and oxygen atoms in total. The second kappa shape index (κ2) is 7.35. The lowest BCUT2D eigenvalue weighted by molar-refractivity contribution is -0.129. The van der Waals surface area contributed by atoms with Gasteiger partial charge in [-0.25, -0.2) is 0 Å². The summed E-state index contributed by atoms with van der Waals surface area (Å²) in [6.45, 7) is 2.39. The average Bonchev–Trinajstić information content (AvgIpc) is 3.03. The molecule has 0 spiro atoms. The monoisotopic (exact) mass is 344 g/mol. The van der Waals surface area contributed by atoms with Gasteiger partial charge in [-0.05, 0) is 30.2 Å². The average molecular weight is 344 g/mol. The molecule has 3 aromatic rings. The summed E-state index contributed by atoms with van der Waals surface area (Å²) in [5.74, 6) is 0.0594. The van der Waals surface area contributed by atoms with E-state index in [1.165, 1.54) is 5.56 Å². The summed E-state index contributed by atoms with van der Waals surface area (Å²) in [5.41, 5.74) is 3.87. The molecule has 0 N–H and O–H groups in total. The van der Waals surface area contributed by atoms with E-state index in [4.69, 9.17) is 5.10 Å². The van der Waals surface area contributed by atoms with Crippen molar-refractivity contribution in [3.8, 4) is 11.3 Å². The van der Waals surface area contributed by atoms with Crippen molar-refractivity contribution in [3.63, 3.8) is 0 Å². The number of likely N-dealkylation sites (tertiary alicyclic amines) is 1. The smallest absolute Gasteiger partial charge is 0.246 e. The fourth-order valence-electron chi connectivity index (χ4n) is 2.94. The lowest BCUT2D eigenvalue weighted by Gasteiger charge is -2.29. The van der Waals surface area contributed by atoms with Crippen LogP contribution in [-0.2, 0) is 11.3 Å². The topological polar surface area (TPSA) is 51.0 Å². The highest BCUT2D eigenvalue weighted by atomic mass is 16.2. The normalized spacial score (nSPS) is 13.8. The molecule has 26 heavy (non-hydrogen) atoms. The Hall–Kier alpha value is -3.21. The van der Waals surface area contributed by atoms with E-state index >= 15 is 0 Å². The molecular formula is C21H20N4O. The zero-order valence-corrected chi connectivity index (χ0v) is 14.5. The molecule has 1 amide bonds. The standard InChI is InChI=1S/C21H20N4O/c26-20(24-12-5-13-24)10-9-19-16-25(15-17-6-2-1-3-7-17)23-21(19)18-8-4-11-22-14-18/h1-4,6-11,14,16H,5,12-13,15H2. The van der Waals surface area contributed by atoms with Gasteiger partial charge in [-0.3, -0.25) is 14.5 Å². The van der Waals surface area contributed by atoms with Gasteiger partial charge in [0.05, 0.1) is 6.54 Å². The fraction of sp³-hybridized carbons (Fsp3) is 0.190. The lowest BCUT2D eigenvalue weighted by Crippen LogP contribution is -2.40.